The molecule has 0 spiro atoms. The van der Waals surface area contributed by atoms with Gasteiger partial charge in [0.15, 0.2) is 0 Å². The third-order valence-corrected chi connectivity index (χ3v) is 4.55. The number of amides is 1. The molecule has 0 bridgehead atoms. The summed E-state index contributed by atoms with van der Waals surface area (Å²) in [5, 5.41) is 14.1. The van der Waals surface area contributed by atoms with E-state index in [-0.39, 0.29) is 24.9 Å². The molecule has 0 aliphatic heterocycles. The molecule has 0 aliphatic carbocycles. The minimum Gasteiger partial charge on any atom is -0.481 e. The molecule has 114 valence electrons. The lowest BCUT2D eigenvalue weighted by atomic mass is 10.2. The van der Waals surface area contributed by atoms with Crippen LogP contribution in [0.15, 0.2) is 6.07 Å². The topological polar surface area (TPSA) is 75.4 Å². The van der Waals surface area contributed by atoms with E-state index in [2.05, 4.69) is 5.10 Å². The Kier molecular flexibility index (Phi) is 4.32. The van der Waals surface area contributed by atoms with Gasteiger partial charge < -0.3 is 10.0 Å². The molecule has 2 heterocycles. The number of carbonyl (C=O) groups excluding carboxylic acids is 1. The van der Waals surface area contributed by atoms with Gasteiger partial charge in [0.25, 0.3) is 5.91 Å². The maximum atomic E-state index is 12.6. The van der Waals surface area contributed by atoms with Crippen molar-refractivity contribution in [2.45, 2.75) is 33.2 Å². The molecule has 0 fully saturated rings. The molecule has 1 N–H and O–H groups in total. The standard InChI is InChI=1S/C14H19N3O3S/c1-8(2)17(6-5-12(18)19)13(20)11-7-10-9(3)15-16(4)14(10)21-11/h7-8H,5-6H2,1-4H3,(H,18,19). The summed E-state index contributed by atoms with van der Waals surface area (Å²) in [5.74, 6) is -1.02. The number of fused-ring (bicyclic) bond motifs is 1. The number of aromatic nitrogens is 2. The molecule has 0 radical (unpaired) electrons. The smallest absolute Gasteiger partial charge is 0.305 e. The van der Waals surface area contributed by atoms with E-state index in [0.717, 1.165) is 15.9 Å². The van der Waals surface area contributed by atoms with E-state index in [0.29, 0.717) is 4.88 Å². The third-order valence-electron chi connectivity index (χ3n) is 3.36. The maximum absolute atomic E-state index is 12.6. The van der Waals surface area contributed by atoms with Gasteiger partial charge in [0.2, 0.25) is 0 Å². The summed E-state index contributed by atoms with van der Waals surface area (Å²) >= 11 is 1.39. The number of rotatable bonds is 5. The second kappa shape index (κ2) is 5.85. The number of carboxylic acids is 1. The fraction of sp³-hybridized carbons (Fsp3) is 0.500. The number of aliphatic carboxylic acids is 1. The van der Waals surface area contributed by atoms with Crippen LogP contribution in [-0.2, 0) is 11.8 Å². The summed E-state index contributed by atoms with van der Waals surface area (Å²) < 4.78 is 1.77. The van der Waals surface area contributed by atoms with Crippen LogP contribution in [0, 0.1) is 6.92 Å². The predicted molar refractivity (Wildman–Crippen MR) is 81.8 cm³/mol. The SMILES string of the molecule is Cc1nn(C)c2sc(C(=O)N(CCC(=O)O)C(C)C)cc12. The maximum Gasteiger partial charge on any atom is 0.305 e. The molecule has 6 nitrogen and oxygen atoms in total. The number of carbonyl (C=O) groups is 2. The average molecular weight is 309 g/mol. The first-order valence-electron chi connectivity index (χ1n) is 6.77. The van der Waals surface area contributed by atoms with Crippen LogP contribution in [0.5, 0.6) is 0 Å². The molecular formula is C14H19N3O3S. The Morgan fingerprint density at radius 3 is 2.67 bits per heavy atom. The Bertz CT molecular complexity index is 652. The number of carboxylic acid groups (broad SMARTS) is 1. The van der Waals surface area contributed by atoms with Gasteiger partial charge >= 0.3 is 5.97 Å². The minimum absolute atomic E-state index is 0.0405. The molecule has 7 heteroatoms. The molecule has 21 heavy (non-hydrogen) atoms. The molecular weight excluding hydrogens is 290 g/mol. The molecule has 0 saturated carbocycles. The number of hydrogen-bond acceptors (Lipinski definition) is 4. The summed E-state index contributed by atoms with van der Waals surface area (Å²) in [7, 11) is 1.85. The van der Waals surface area contributed by atoms with Crippen LogP contribution in [0.1, 0.15) is 35.6 Å². The normalized spacial score (nSPS) is 11.3. The molecule has 2 aromatic rings. The Hall–Kier alpha value is -1.89. The monoisotopic (exact) mass is 309 g/mol. The molecule has 1 amide bonds. The number of thiophene rings is 1. The van der Waals surface area contributed by atoms with Crippen molar-refractivity contribution < 1.29 is 14.7 Å². The Morgan fingerprint density at radius 1 is 1.48 bits per heavy atom. The van der Waals surface area contributed by atoms with Crippen LogP contribution in [0.4, 0.5) is 0 Å². The van der Waals surface area contributed by atoms with Gasteiger partial charge in [0.1, 0.15) is 4.83 Å². The van der Waals surface area contributed by atoms with Crippen molar-refractivity contribution in [3.05, 3.63) is 16.6 Å². The number of hydrogen-bond donors (Lipinski definition) is 1. The van der Waals surface area contributed by atoms with E-state index in [9.17, 15) is 9.59 Å². The van der Waals surface area contributed by atoms with Gasteiger partial charge in [-0.05, 0) is 26.8 Å². The van der Waals surface area contributed by atoms with Crippen molar-refractivity contribution in [2.24, 2.45) is 7.05 Å². The zero-order valence-electron chi connectivity index (χ0n) is 12.6. The van der Waals surface area contributed by atoms with Gasteiger partial charge in [-0.2, -0.15) is 5.10 Å². The van der Waals surface area contributed by atoms with Crippen molar-refractivity contribution in [3.8, 4) is 0 Å². The molecule has 2 aromatic heterocycles. The van der Waals surface area contributed by atoms with E-state index in [1.54, 1.807) is 9.58 Å². The quantitative estimate of drug-likeness (QED) is 0.919. The molecule has 0 saturated heterocycles. The van der Waals surface area contributed by atoms with Gasteiger partial charge in [-0.1, -0.05) is 0 Å². The zero-order valence-corrected chi connectivity index (χ0v) is 13.4. The van der Waals surface area contributed by atoms with E-state index in [1.165, 1.54) is 11.3 Å². The second-order valence-electron chi connectivity index (χ2n) is 5.27. The zero-order chi connectivity index (χ0) is 15.7. The lowest BCUT2D eigenvalue weighted by Crippen LogP contribution is -2.38. The highest BCUT2D eigenvalue weighted by molar-refractivity contribution is 7.20. The van der Waals surface area contributed by atoms with Gasteiger partial charge in [0.05, 0.1) is 17.0 Å². The van der Waals surface area contributed by atoms with E-state index < -0.39 is 5.97 Å². The lowest BCUT2D eigenvalue weighted by Gasteiger charge is -2.25. The fourth-order valence-electron chi connectivity index (χ4n) is 2.26. The highest BCUT2D eigenvalue weighted by atomic mass is 32.1. The Balaban J connectivity index is 2.29. The summed E-state index contributed by atoms with van der Waals surface area (Å²) in [4.78, 5) is 26.5. The highest BCUT2D eigenvalue weighted by Gasteiger charge is 2.23. The first-order valence-corrected chi connectivity index (χ1v) is 7.58. The van der Waals surface area contributed by atoms with E-state index in [4.69, 9.17) is 5.11 Å². The van der Waals surface area contributed by atoms with Gasteiger partial charge in [-0.15, -0.1) is 11.3 Å². The van der Waals surface area contributed by atoms with Crippen LogP contribution in [0.3, 0.4) is 0 Å². The summed E-state index contributed by atoms with van der Waals surface area (Å²) in [5.41, 5.74) is 0.893. The summed E-state index contributed by atoms with van der Waals surface area (Å²) in [6.07, 6.45) is -0.0462. The van der Waals surface area contributed by atoms with Crippen LogP contribution in [0.2, 0.25) is 0 Å². The summed E-state index contributed by atoms with van der Waals surface area (Å²) in [6, 6.07) is 1.81. The number of aryl methyl sites for hydroxylation is 2. The second-order valence-corrected chi connectivity index (χ2v) is 6.31. The molecule has 0 aliphatic rings. The first kappa shape index (κ1) is 15.5. The van der Waals surface area contributed by atoms with Gasteiger partial charge in [-0.3, -0.25) is 14.3 Å². The van der Waals surface area contributed by atoms with E-state index >= 15 is 0 Å². The van der Waals surface area contributed by atoms with E-state index in [1.807, 2.05) is 33.9 Å². The van der Waals surface area contributed by atoms with Crippen molar-refractivity contribution >= 4 is 33.4 Å². The van der Waals surface area contributed by atoms with Crippen molar-refractivity contribution in [1.82, 2.24) is 14.7 Å². The van der Waals surface area contributed by atoms with Crippen LogP contribution in [0.25, 0.3) is 10.2 Å². The van der Waals surface area contributed by atoms with Crippen molar-refractivity contribution in [2.75, 3.05) is 6.54 Å². The largest absolute Gasteiger partial charge is 0.481 e. The minimum atomic E-state index is -0.898. The molecule has 0 aromatic carbocycles. The molecule has 2 rings (SSSR count). The first-order chi connectivity index (χ1) is 9.81. The van der Waals surface area contributed by atoms with Crippen molar-refractivity contribution in [3.63, 3.8) is 0 Å². The van der Waals surface area contributed by atoms with Gasteiger partial charge in [0, 0.05) is 25.0 Å². The molecule has 0 atom stereocenters. The third kappa shape index (κ3) is 3.07. The predicted octanol–water partition coefficient (Wildman–Crippen LogP) is 2.27. The lowest BCUT2D eigenvalue weighted by molar-refractivity contribution is -0.137. The Labute approximate surface area is 127 Å². The number of nitrogens with zero attached hydrogens (tertiary/aromatic N) is 3. The van der Waals surface area contributed by atoms with Crippen LogP contribution < -0.4 is 0 Å². The van der Waals surface area contributed by atoms with Gasteiger partial charge in [-0.25, -0.2) is 0 Å². The highest BCUT2D eigenvalue weighted by Crippen LogP contribution is 2.28. The van der Waals surface area contributed by atoms with Crippen LogP contribution >= 0.6 is 11.3 Å². The van der Waals surface area contributed by atoms with Crippen LogP contribution in [-0.4, -0.2) is 44.3 Å². The Morgan fingerprint density at radius 2 is 2.14 bits per heavy atom. The molecule has 0 unspecified atom stereocenters. The van der Waals surface area contributed by atoms with Crippen molar-refractivity contribution in [1.29, 1.82) is 0 Å². The summed E-state index contributed by atoms with van der Waals surface area (Å²) in [6.45, 7) is 5.91. The average Bonchev–Trinajstić information content (AvgIpc) is 2.91. The fourth-order valence-corrected chi connectivity index (χ4v) is 3.34.